The molecule has 10 heteroatoms. The number of fused-ring (bicyclic) bond motifs is 3. The maximum Gasteiger partial charge on any atom is 0.573 e. The Balaban J connectivity index is 1.32. The van der Waals surface area contributed by atoms with E-state index in [0.29, 0.717) is 43.1 Å². The number of aromatic nitrogens is 1. The standard InChI is InChI=1S/C24H26F3NO6/c1-30-21(29)23-10-8-22(9-11-23,14-32-23)13-31-12-17-19(28-34-20(17)15-6-7-15)16-4-2-3-5-18(16)33-24(25,26)27/h2-5,15H,6-14H2,1H3. The summed E-state index contributed by atoms with van der Waals surface area (Å²) in [5.41, 5.74) is 0.0960. The van der Waals surface area contributed by atoms with Gasteiger partial charge in [-0.05, 0) is 50.7 Å². The van der Waals surface area contributed by atoms with Crippen LogP contribution < -0.4 is 4.74 Å². The minimum absolute atomic E-state index is 0.148. The average molecular weight is 481 g/mol. The maximum atomic E-state index is 12.9. The van der Waals surface area contributed by atoms with Gasteiger partial charge in [-0.25, -0.2) is 4.79 Å². The molecular formula is C24H26F3NO6. The second kappa shape index (κ2) is 8.57. The molecule has 0 radical (unpaired) electrons. The summed E-state index contributed by atoms with van der Waals surface area (Å²) in [6.07, 6.45) is -0.234. The summed E-state index contributed by atoms with van der Waals surface area (Å²) in [4.78, 5) is 12.1. The summed E-state index contributed by atoms with van der Waals surface area (Å²) in [5, 5.41) is 4.11. The van der Waals surface area contributed by atoms with Crippen LogP contribution in [-0.2, 0) is 25.6 Å². The smallest absolute Gasteiger partial charge is 0.467 e. The summed E-state index contributed by atoms with van der Waals surface area (Å²) in [7, 11) is 1.37. The van der Waals surface area contributed by atoms with E-state index >= 15 is 0 Å². The van der Waals surface area contributed by atoms with Gasteiger partial charge in [0.2, 0.25) is 0 Å². The fourth-order valence-corrected chi connectivity index (χ4v) is 4.98. The van der Waals surface area contributed by atoms with Crippen LogP contribution in [0.15, 0.2) is 28.8 Å². The van der Waals surface area contributed by atoms with E-state index < -0.39 is 12.0 Å². The zero-order valence-electron chi connectivity index (χ0n) is 18.8. The number of esters is 1. The van der Waals surface area contributed by atoms with E-state index in [2.05, 4.69) is 9.89 Å². The lowest BCUT2D eigenvalue weighted by molar-refractivity contribution is -0.274. The van der Waals surface area contributed by atoms with Gasteiger partial charge < -0.3 is 23.5 Å². The average Bonchev–Trinajstić information content (AvgIpc) is 3.59. The first-order valence-corrected chi connectivity index (χ1v) is 11.4. The van der Waals surface area contributed by atoms with Gasteiger partial charge in [-0.3, -0.25) is 0 Å². The molecule has 4 fully saturated rings. The number of ether oxygens (including phenoxy) is 4. The molecular weight excluding hydrogens is 455 g/mol. The van der Waals surface area contributed by atoms with Gasteiger partial charge in [0.25, 0.3) is 0 Å². The molecule has 2 aliphatic heterocycles. The first-order chi connectivity index (χ1) is 16.2. The lowest BCUT2D eigenvalue weighted by Crippen LogP contribution is -2.57. The van der Waals surface area contributed by atoms with Crippen LogP contribution in [0.2, 0.25) is 0 Å². The third-order valence-corrected chi connectivity index (χ3v) is 7.12. The molecule has 1 aromatic heterocycles. The fourth-order valence-electron chi connectivity index (χ4n) is 4.98. The van der Waals surface area contributed by atoms with Crippen molar-refractivity contribution in [2.75, 3.05) is 20.3 Å². The number of hydrogen-bond donors (Lipinski definition) is 0. The number of para-hydroxylation sites is 1. The number of hydrogen-bond acceptors (Lipinski definition) is 7. The Hall–Kier alpha value is -2.59. The highest BCUT2D eigenvalue weighted by Gasteiger charge is 2.54. The monoisotopic (exact) mass is 481 g/mol. The largest absolute Gasteiger partial charge is 0.573 e. The van der Waals surface area contributed by atoms with Gasteiger partial charge >= 0.3 is 12.3 Å². The van der Waals surface area contributed by atoms with E-state index in [1.165, 1.54) is 25.3 Å². The number of carbonyl (C=O) groups is 1. The molecule has 34 heavy (non-hydrogen) atoms. The predicted octanol–water partition coefficient (Wildman–Crippen LogP) is 5.14. The van der Waals surface area contributed by atoms with Crippen molar-refractivity contribution in [3.63, 3.8) is 0 Å². The van der Waals surface area contributed by atoms with Gasteiger partial charge in [0.05, 0.1) is 26.9 Å². The molecule has 7 nitrogen and oxygen atoms in total. The van der Waals surface area contributed by atoms with Crippen LogP contribution in [0.25, 0.3) is 11.3 Å². The zero-order chi connectivity index (χ0) is 24.0. The molecule has 184 valence electrons. The highest BCUT2D eigenvalue weighted by atomic mass is 19.4. The Bertz CT molecular complexity index is 1040. The molecule has 2 aliphatic carbocycles. The molecule has 0 N–H and O–H groups in total. The van der Waals surface area contributed by atoms with Crippen LogP contribution >= 0.6 is 0 Å². The molecule has 2 saturated carbocycles. The second-order valence-electron chi connectivity index (χ2n) is 9.46. The van der Waals surface area contributed by atoms with E-state index in [1.54, 1.807) is 6.07 Å². The van der Waals surface area contributed by atoms with Crippen LogP contribution in [-0.4, -0.2) is 43.4 Å². The first-order valence-electron chi connectivity index (χ1n) is 11.4. The number of carbonyl (C=O) groups excluding carboxylic acids is 1. The number of methoxy groups -OCH3 is 1. The van der Waals surface area contributed by atoms with Crippen LogP contribution in [0.1, 0.15) is 55.8 Å². The van der Waals surface area contributed by atoms with E-state index in [-0.39, 0.29) is 35.2 Å². The fraction of sp³-hybridized carbons (Fsp3) is 0.583. The van der Waals surface area contributed by atoms with Crippen molar-refractivity contribution >= 4 is 5.97 Å². The molecule has 2 bridgehead atoms. The van der Waals surface area contributed by atoms with Gasteiger partial charge in [0, 0.05) is 22.5 Å². The number of nitrogens with zero attached hydrogens (tertiary/aromatic N) is 1. The Morgan fingerprint density at radius 2 is 1.91 bits per heavy atom. The van der Waals surface area contributed by atoms with Crippen molar-refractivity contribution in [1.29, 1.82) is 0 Å². The third kappa shape index (κ3) is 4.40. The molecule has 3 heterocycles. The van der Waals surface area contributed by atoms with Gasteiger partial charge in [0.1, 0.15) is 17.2 Å². The molecule has 2 saturated heterocycles. The number of alkyl halides is 3. The number of benzene rings is 1. The van der Waals surface area contributed by atoms with Crippen LogP contribution in [0, 0.1) is 5.41 Å². The van der Waals surface area contributed by atoms with Crippen LogP contribution in [0.4, 0.5) is 13.2 Å². The van der Waals surface area contributed by atoms with Crippen LogP contribution in [0.5, 0.6) is 5.75 Å². The van der Waals surface area contributed by atoms with Crippen molar-refractivity contribution in [3.05, 3.63) is 35.6 Å². The maximum absolute atomic E-state index is 12.9. The Morgan fingerprint density at radius 1 is 1.18 bits per heavy atom. The summed E-state index contributed by atoms with van der Waals surface area (Å²) in [5.74, 6) is 0.187. The Morgan fingerprint density at radius 3 is 2.53 bits per heavy atom. The van der Waals surface area contributed by atoms with Crippen molar-refractivity contribution in [2.45, 2.75) is 63.0 Å². The molecule has 0 atom stereocenters. The molecule has 1 aromatic carbocycles. The third-order valence-electron chi connectivity index (χ3n) is 7.12. The van der Waals surface area contributed by atoms with Gasteiger partial charge in [-0.1, -0.05) is 17.3 Å². The Kier molecular flexibility index (Phi) is 5.84. The predicted molar refractivity (Wildman–Crippen MR) is 112 cm³/mol. The first kappa shape index (κ1) is 23.2. The zero-order valence-corrected chi connectivity index (χ0v) is 18.8. The minimum atomic E-state index is -4.82. The number of halogens is 3. The van der Waals surface area contributed by atoms with Crippen molar-refractivity contribution in [1.82, 2.24) is 5.16 Å². The topological polar surface area (TPSA) is 80.0 Å². The van der Waals surface area contributed by atoms with Gasteiger partial charge in [-0.15, -0.1) is 13.2 Å². The number of rotatable bonds is 8. The van der Waals surface area contributed by atoms with Gasteiger partial charge in [-0.2, -0.15) is 0 Å². The lowest BCUT2D eigenvalue weighted by Gasteiger charge is -2.51. The second-order valence-corrected chi connectivity index (χ2v) is 9.46. The molecule has 4 aliphatic rings. The van der Waals surface area contributed by atoms with E-state index in [4.69, 9.17) is 18.7 Å². The highest BCUT2D eigenvalue weighted by molar-refractivity contribution is 5.80. The highest BCUT2D eigenvalue weighted by Crippen LogP contribution is 2.50. The van der Waals surface area contributed by atoms with E-state index in [1.807, 2.05) is 0 Å². The van der Waals surface area contributed by atoms with Crippen molar-refractivity contribution < 1.29 is 41.4 Å². The quantitative estimate of drug-likeness (QED) is 0.483. The molecule has 0 amide bonds. The minimum Gasteiger partial charge on any atom is -0.467 e. The Labute approximate surface area is 194 Å². The summed E-state index contributed by atoms with van der Waals surface area (Å²) in [6, 6.07) is 5.89. The summed E-state index contributed by atoms with van der Waals surface area (Å²) in [6.45, 7) is 0.949. The normalized spacial score (nSPS) is 26.5. The van der Waals surface area contributed by atoms with E-state index in [0.717, 1.165) is 25.7 Å². The van der Waals surface area contributed by atoms with Crippen molar-refractivity contribution in [2.24, 2.45) is 5.41 Å². The molecule has 0 spiro atoms. The summed E-state index contributed by atoms with van der Waals surface area (Å²) >= 11 is 0. The lowest BCUT2D eigenvalue weighted by atomic mass is 9.66. The molecule has 2 aromatic rings. The molecule has 0 unspecified atom stereocenters. The van der Waals surface area contributed by atoms with Crippen LogP contribution in [0.3, 0.4) is 0 Å². The van der Waals surface area contributed by atoms with E-state index in [9.17, 15) is 18.0 Å². The SMILES string of the molecule is COC(=O)C12CCC(COCc3c(-c4ccccc4OC(F)(F)F)noc3C3CC3)(CC1)CO2. The summed E-state index contributed by atoms with van der Waals surface area (Å²) < 4.78 is 65.6. The van der Waals surface area contributed by atoms with Gasteiger partial charge in [0.15, 0.2) is 5.60 Å². The molecule has 6 rings (SSSR count). The van der Waals surface area contributed by atoms with Crippen molar-refractivity contribution in [3.8, 4) is 17.0 Å².